The normalized spacial score (nSPS) is 15.7. The molecule has 0 unspecified atom stereocenters. The summed E-state index contributed by atoms with van der Waals surface area (Å²) in [5.74, 6) is -0.202. The highest BCUT2D eigenvalue weighted by Crippen LogP contribution is 2.38. The number of nitrogens with zero attached hydrogens (tertiary/aromatic N) is 2. The van der Waals surface area contributed by atoms with E-state index in [4.69, 9.17) is 10.5 Å². The van der Waals surface area contributed by atoms with Crippen LogP contribution >= 0.6 is 0 Å². The van der Waals surface area contributed by atoms with Crippen molar-refractivity contribution >= 4 is 11.4 Å². The maximum Gasteiger partial charge on any atom is 0.192 e. The lowest BCUT2D eigenvalue weighted by atomic mass is 9.90. The van der Waals surface area contributed by atoms with Crippen molar-refractivity contribution in [1.29, 1.82) is 10.5 Å². The summed E-state index contributed by atoms with van der Waals surface area (Å²) in [5.41, 5.74) is 3.86. The van der Waals surface area contributed by atoms with E-state index < -0.39 is 0 Å². The van der Waals surface area contributed by atoms with Crippen LogP contribution in [0.15, 0.2) is 53.1 Å². The summed E-state index contributed by atoms with van der Waals surface area (Å²) in [6.07, 6.45) is 3.97. The molecule has 0 amide bonds. The van der Waals surface area contributed by atoms with E-state index in [2.05, 4.69) is 0 Å². The van der Waals surface area contributed by atoms with Crippen LogP contribution in [0.2, 0.25) is 0 Å². The van der Waals surface area contributed by atoms with Gasteiger partial charge in [0.2, 0.25) is 0 Å². The van der Waals surface area contributed by atoms with Crippen molar-refractivity contribution in [3.8, 4) is 12.1 Å². The maximum absolute atomic E-state index is 12.4. The number of rotatable bonds is 0. The molecule has 2 aliphatic rings. The van der Waals surface area contributed by atoms with Crippen molar-refractivity contribution in [3.05, 3.63) is 64.3 Å². The van der Waals surface area contributed by atoms with E-state index in [1.807, 2.05) is 30.3 Å². The van der Waals surface area contributed by atoms with Crippen LogP contribution in [-0.2, 0) is 11.2 Å². The van der Waals surface area contributed by atoms with Gasteiger partial charge in [-0.15, -0.1) is 0 Å². The predicted molar refractivity (Wildman–Crippen MR) is 69.5 cm³/mol. The molecular formula is C16H8N2O. The topological polar surface area (TPSA) is 64.7 Å². The Balaban J connectivity index is 2.14. The Morgan fingerprint density at radius 2 is 1.84 bits per heavy atom. The zero-order chi connectivity index (χ0) is 13.4. The van der Waals surface area contributed by atoms with E-state index >= 15 is 0 Å². The molecule has 0 radical (unpaired) electrons. The first-order chi connectivity index (χ1) is 9.26. The second kappa shape index (κ2) is 4.08. The fraction of sp³-hybridized carbons (Fsp3) is 0.0625. The van der Waals surface area contributed by atoms with Crippen molar-refractivity contribution in [2.24, 2.45) is 0 Å². The third kappa shape index (κ3) is 1.53. The minimum atomic E-state index is -0.202. The van der Waals surface area contributed by atoms with Gasteiger partial charge in [-0.25, -0.2) is 0 Å². The smallest absolute Gasteiger partial charge is 0.192 e. The van der Waals surface area contributed by atoms with Crippen LogP contribution in [0.4, 0.5) is 0 Å². The van der Waals surface area contributed by atoms with Gasteiger partial charge in [-0.2, -0.15) is 10.5 Å². The Labute approximate surface area is 110 Å². The summed E-state index contributed by atoms with van der Waals surface area (Å²) in [4.78, 5) is 12.4. The van der Waals surface area contributed by atoms with Crippen LogP contribution in [0.25, 0.3) is 5.57 Å². The zero-order valence-corrected chi connectivity index (χ0v) is 9.97. The van der Waals surface area contributed by atoms with E-state index in [1.54, 1.807) is 18.2 Å². The number of Topliss-reactive ketones (excluding diaryl/α,β-unsaturated/α-hetero) is 1. The Hall–Kier alpha value is -2.91. The number of allylic oxidation sites excluding steroid dienone is 6. The van der Waals surface area contributed by atoms with Gasteiger partial charge in [-0.05, 0) is 22.8 Å². The fourth-order valence-electron chi connectivity index (χ4n) is 2.53. The Kier molecular flexibility index (Phi) is 2.41. The van der Waals surface area contributed by atoms with E-state index in [0.29, 0.717) is 12.0 Å². The summed E-state index contributed by atoms with van der Waals surface area (Å²) in [5, 5.41) is 17.8. The van der Waals surface area contributed by atoms with Gasteiger partial charge < -0.3 is 0 Å². The average molecular weight is 244 g/mol. The van der Waals surface area contributed by atoms with Crippen LogP contribution in [-0.4, -0.2) is 5.78 Å². The lowest BCUT2D eigenvalue weighted by Gasteiger charge is -2.10. The molecule has 0 heterocycles. The van der Waals surface area contributed by atoms with Gasteiger partial charge >= 0.3 is 0 Å². The summed E-state index contributed by atoms with van der Waals surface area (Å²) in [7, 11) is 0. The SMILES string of the molecule is N#CC(C#N)=C1C=CC2=C(Cc3ccccc32)C1=O. The molecule has 0 saturated carbocycles. The minimum absolute atomic E-state index is 0.122. The molecule has 0 N–H and O–H groups in total. The Morgan fingerprint density at radius 3 is 2.58 bits per heavy atom. The number of nitriles is 2. The molecule has 2 aliphatic carbocycles. The summed E-state index contributed by atoms with van der Waals surface area (Å²) in [6, 6.07) is 11.4. The molecule has 0 atom stereocenters. The molecule has 3 heteroatoms. The van der Waals surface area contributed by atoms with Crippen molar-refractivity contribution in [2.45, 2.75) is 6.42 Å². The average Bonchev–Trinajstić information content (AvgIpc) is 2.82. The number of hydrogen-bond acceptors (Lipinski definition) is 3. The van der Waals surface area contributed by atoms with Crippen LogP contribution in [0.1, 0.15) is 11.1 Å². The van der Waals surface area contributed by atoms with Crippen molar-refractivity contribution < 1.29 is 4.79 Å². The van der Waals surface area contributed by atoms with E-state index in [-0.39, 0.29) is 16.9 Å². The lowest BCUT2D eigenvalue weighted by molar-refractivity contribution is -0.112. The molecule has 0 bridgehead atoms. The van der Waals surface area contributed by atoms with Crippen molar-refractivity contribution in [2.75, 3.05) is 0 Å². The molecule has 0 fully saturated rings. The maximum atomic E-state index is 12.4. The second-order valence-corrected chi connectivity index (χ2v) is 4.40. The molecule has 1 aromatic carbocycles. The first-order valence-electron chi connectivity index (χ1n) is 5.85. The van der Waals surface area contributed by atoms with Crippen LogP contribution in [0, 0.1) is 22.7 Å². The lowest BCUT2D eigenvalue weighted by Crippen LogP contribution is -2.10. The molecule has 3 rings (SSSR count). The number of carbonyl (C=O) groups excluding carboxylic acids is 1. The predicted octanol–water partition coefficient (Wildman–Crippen LogP) is 2.48. The number of hydrogen-bond donors (Lipinski definition) is 0. The Bertz CT molecular complexity index is 764. The molecule has 0 aliphatic heterocycles. The van der Waals surface area contributed by atoms with Gasteiger partial charge in [-0.3, -0.25) is 4.79 Å². The van der Waals surface area contributed by atoms with E-state index in [1.165, 1.54) is 0 Å². The highest BCUT2D eigenvalue weighted by atomic mass is 16.1. The molecular weight excluding hydrogens is 236 g/mol. The third-order valence-corrected chi connectivity index (χ3v) is 3.43. The number of benzene rings is 1. The van der Waals surface area contributed by atoms with Gasteiger partial charge in [-0.1, -0.05) is 30.3 Å². The van der Waals surface area contributed by atoms with Crippen LogP contribution in [0.3, 0.4) is 0 Å². The highest BCUT2D eigenvalue weighted by Gasteiger charge is 2.29. The molecule has 19 heavy (non-hydrogen) atoms. The number of carbonyl (C=O) groups is 1. The van der Waals surface area contributed by atoms with Gasteiger partial charge in [0.05, 0.1) is 5.57 Å². The number of fused-ring (bicyclic) bond motifs is 2. The summed E-state index contributed by atoms with van der Waals surface area (Å²) < 4.78 is 0. The van der Waals surface area contributed by atoms with E-state index in [9.17, 15) is 4.79 Å². The number of ketones is 1. The minimum Gasteiger partial charge on any atom is -0.289 e. The van der Waals surface area contributed by atoms with Crippen molar-refractivity contribution in [1.82, 2.24) is 0 Å². The van der Waals surface area contributed by atoms with Gasteiger partial charge in [0, 0.05) is 12.0 Å². The summed E-state index contributed by atoms with van der Waals surface area (Å²) in [6.45, 7) is 0. The summed E-state index contributed by atoms with van der Waals surface area (Å²) >= 11 is 0. The quantitative estimate of drug-likeness (QED) is 0.520. The molecule has 1 aromatic rings. The second-order valence-electron chi connectivity index (χ2n) is 4.40. The molecule has 3 nitrogen and oxygen atoms in total. The fourth-order valence-corrected chi connectivity index (χ4v) is 2.53. The molecule has 0 spiro atoms. The Morgan fingerprint density at radius 1 is 1.11 bits per heavy atom. The first-order valence-corrected chi connectivity index (χ1v) is 5.85. The van der Waals surface area contributed by atoms with Gasteiger partial charge in [0.1, 0.15) is 17.7 Å². The first kappa shape index (κ1) is 11.2. The van der Waals surface area contributed by atoms with E-state index in [0.717, 1.165) is 16.7 Å². The molecule has 0 aromatic heterocycles. The monoisotopic (exact) mass is 244 g/mol. The van der Waals surface area contributed by atoms with Crippen LogP contribution < -0.4 is 0 Å². The highest BCUT2D eigenvalue weighted by molar-refractivity contribution is 6.20. The standard InChI is InChI=1S/C16H8N2O/c17-8-11(9-18)13-5-6-14-12-4-2-1-3-10(12)7-15(14)16(13)19/h1-6H,7H2. The van der Waals surface area contributed by atoms with Crippen LogP contribution in [0.5, 0.6) is 0 Å². The largest absolute Gasteiger partial charge is 0.289 e. The zero-order valence-electron chi connectivity index (χ0n) is 9.97. The molecule has 88 valence electrons. The van der Waals surface area contributed by atoms with Crippen molar-refractivity contribution in [3.63, 3.8) is 0 Å². The molecule has 0 saturated heterocycles. The van der Waals surface area contributed by atoms with Gasteiger partial charge in [0.25, 0.3) is 0 Å². The van der Waals surface area contributed by atoms with Gasteiger partial charge in [0.15, 0.2) is 5.78 Å². The third-order valence-electron chi connectivity index (χ3n) is 3.43.